The molecule has 2 unspecified atom stereocenters. The smallest absolute Gasteiger partial charge is 0.450 e. The van der Waals surface area contributed by atoms with Gasteiger partial charge in [0.1, 0.15) is 6.10 Å². The second kappa shape index (κ2) is 28.5. The van der Waals surface area contributed by atoms with E-state index in [-0.39, 0.29) is 12.2 Å². The predicted octanol–water partition coefficient (Wildman–Crippen LogP) is 10.2. The molecule has 0 aliphatic heterocycles. The summed E-state index contributed by atoms with van der Waals surface area (Å²) >= 11 is 0. The maximum atomic E-state index is 11.1. The van der Waals surface area contributed by atoms with Gasteiger partial charge in [-0.2, -0.15) is 0 Å². The zero-order chi connectivity index (χ0) is 29.0. The van der Waals surface area contributed by atoms with Crippen LogP contribution in [0.5, 0.6) is 0 Å². The first-order chi connectivity index (χ1) is 18.9. The lowest BCUT2D eigenvalue weighted by atomic mass is 9.93. The van der Waals surface area contributed by atoms with Gasteiger partial charge in [0, 0.05) is 0 Å². The summed E-state index contributed by atoms with van der Waals surface area (Å²) < 4.78 is 5.19. The largest absolute Gasteiger partial charge is 0.506 e. The number of aliphatic hydroxyl groups excluding tert-OH is 1. The Labute approximate surface area is 243 Å². The Hall–Kier alpha value is -1.07. The fourth-order valence-corrected chi connectivity index (χ4v) is 5.45. The van der Waals surface area contributed by atoms with Crippen LogP contribution in [0.25, 0.3) is 0 Å². The monoisotopic (exact) mass is 554 g/mol. The number of hydrogen-bond acceptors (Lipinski definition) is 4. The normalized spacial score (nSPS) is 14.2. The highest BCUT2D eigenvalue weighted by atomic mass is 16.7. The minimum absolute atomic E-state index is 0.139. The number of hydrogen-bond donors (Lipinski definition) is 2. The number of aliphatic hydroxyl groups is 1. The fraction of sp³-hybridized carbons (Fsp3) is 0.912. The van der Waals surface area contributed by atoms with E-state index in [9.17, 15) is 9.90 Å². The van der Waals surface area contributed by atoms with Gasteiger partial charge >= 0.3 is 6.16 Å². The molecule has 0 aromatic rings. The molecule has 0 heterocycles. The van der Waals surface area contributed by atoms with Crippen molar-refractivity contribution in [1.29, 1.82) is 0 Å². The summed E-state index contributed by atoms with van der Waals surface area (Å²) in [5, 5.41) is 19.1. The summed E-state index contributed by atoms with van der Waals surface area (Å²) in [4.78, 5) is 13.4. The third-order valence-electron chi connectivity index (χ3n) is 8.06. The van der Waals surface area contributed by atoms with Crippen LogP contribution in [0, 0.1) is 5.92 Å². The molecule has 0 aromatic heterocycles. The molecule has 0 aliphatic rings. The first-order valence-electron chi connectivity index (χ1n) is 16.8. The first-order valence-corrected chi connectivity index (χ1v) is 16.8. The predicted molar refractivity (Wildman–Crippen MR) is 168 cm³/mol. The van der Waals surface area contributed by atoms with Gasteiger partial charge in [0.15, 0.2) is 0 Å². The second-order valence-corrected chi connectivity index (χ2v) is 12.1. The molecule has 0 spiro atoms. The van der Waals surface area contributed by atoms with Crippen LogP contribution >= 0.6 is 0 Å². The van der Waals surface area contributed by atoms with Crippen molar-refractivity contribution >= 4 is 6.16 Å². The van der Waals surface area contributed by atoms with E-state index in [1.165, 1.54) is 96.4 Å². The first kappa shape index (κ1) is 37.9. The average molecular weight is 554 g/mol. The van der Waals surface area contributed by atoms with Crippen LogP contribution in [0.4, 0.5) is 4.79 Å². The van der Waals surface area contributed by atoms with E-state index in [1.54, 1.807) is 0 Å². The average Bonchev–Trinajstić information content (AvgIpc) is 2.89. The van der Waals surface area contributed by atoms with Crippen molar-refractivity contribution < 1.29 is 19.7 Å². The molecule has 39 heavy (non-hydrogen) atoms. The summed E-state index contributed by atoms with van der Waals surface area (Å²) in [5.74, 6) is 0.874. The van der Waals surface area contributed by atoms with Gasteiger partial charge in [-0.1, -0.05) is 109 Å². The van der Waals surface area contributed by atoms with Crippen LogP contribution in [-0.2, 0) is 4.74 Å². The Balaban J connectivity index is 3.77. The molecule has 0 amide bonds. The number of carboxylic acid groups (broad SMARTS) is 1. The Morgan fingerprint density at radius 1 is 0.718 bits per heavy atom. The van der Waals surface area contributed by atoms with Crippen molar-refractivity contribution in [2.45, 2.75) is 174 Å². The van der Waals surface area contributed by atoms with Gasteiger partial charge in [-0.25, -0.2) is 4.79 Å². The van der Waals surface area contributed by atoms with Crippen LogP contribution in [0.15, 0.2) is 12.2 Å². The summed E-state index contributed by atoms with van der Waals surface area (Å²) in [6.45, 7) is 5.73. The minimum Gasteiger partial charge on any atom is -0.450 e. The molecular formula is C34H67NO4. The van der Waals surface area contributed by atoms with Crippen molar-refractivity contribution in [2.24, 2.45) is 5.92 Å². The molecule has 0 radical (unpaired) electrons. The van der Waals surface area contributed by atoms with Crippen molar-refractivity contribution in [3.63, 3.8) is 0 Å². The van der Waals surface area contributed by atoms with Gasteiger partial charge in [-0.3, -0.25) is 0 Å². The topological polar surface area (TPSA) is 70.0 Å². The molecule has 3 atom stereocenters. The number of allylic oxidation sites excluding steroid dienone is 1. The summed E-state index contributed by atoms with van der Waals surface area (Å²) in [6.07, 6.45) is 29.5. The van der Waals surface area contributed by atoms with E-state index in [4.69, 9.17) is 9.84 Å². The highest BCUT2D eigenvalue weighted by molar-refractivity contribution is 5.57. The van der Waals surface area contributed by atoms with Crippen LogP contribution in [0.3, 0.4) is 0 Å². The Kier molecular flexibility index (Phi) is 27.7. The molecular weight excluding hydrogens is 486 g/mol. The molecule has 0 rings (SSSR count). The number of nitrogens with zero attached hydrogens (tertiary/aromatic N) is 1. The fourth-order valence-electron chi connectivity index (χ4n) is 5.45. The van der Waals surface area contributed by atoms with Crippen LogP contribution in [-0.4, -0.2) is 54.1 Å². The van der Waals surface area contributed by atoms with E-state index in [1.807, 2.05) is 0 Å². The molecule has 2 N–H and O–H groups in total. The Morgan fingerprint density at radius 3 is 1.85 bits per heavy atom. The van der Waals surface area contributed by atoms with Crippen molar-refractivity contribution in [2.75, 3.05) is 20.6 Å². The van der Waals surface area contributed by atoms with Crippen molar-refractivity contribution in [3.8, 4) is 0 Å². The van der Waals surface area contributed by atoms with Crippen LogP contribution < -0.4 is 0 Å². The molecule has 5 heteroatoms. The molecule has 0 bridgehead atoms. The standard InChI is InChI=1S/C34H67NO4/c1-5-7-8-19-26-32(36)27-20-15-11-9-10-12-16-21-28-33(39-34(37)38)29-22-17-13-14-18-24-31(6-2)25-23-30-35(3)4/h15,20,31-33,36H,5-14,16-19,21-30H2,1-4H3,(H,37,38)/b20-15-/t31?,32-,33?/m1/s1. The zero-order valence-corrected chi connectivity index (χ0v) is 26.5. The molecule has 5 nitrogen and oxygen atoms in total. The van der Waals surface area contributed by atoms with Gasteiger partial charge in [-0.15, -0.1) is 0 Å². The Bertz CT molecular complexity index is 551. The van der Waals surface area contributed by atoms with E-state index in [0.29, 0.717) is 0 Å². The molecule has 0 saturated carbocycles. The summed E-state index contributed by atoms with van der Waals surface area (Å²) in [5.41, 5.74) is 0. The minimum atomic E-state index is -1.13. The van der Waals surface area contributed by atoms with Gasteiger partial charge in [0.05, 0.1) is 6.10 Å². The summed E-state index contributed by atoms with van der Waals surface area (Å²) in [7, 11) is 4.31. The maximum absolute atomic E-state index is 11.1. The highest BCUT2D eigenvalue weighted by Crippen LogP contribution is 2.21. The lowest BCUT2D eigenvalue weighted by Crippen LogP contribution is -2.16. The molecule has 0 fully saturated rings. The molecule has 0 aliphatic carbocycles. The second-order valence-electron chi connectivity index (χ2n) is 12.1. The van der Waals surface area contributed by atoms with E-state index in [0.717, 1.165) is 63.7 Å². The van der Waals surface area contributed by atoms with E-state index < -0.39 is 6.16 Å². The number of ether oxygens (including phenoxy) is 1. The van der Waals surface area contributed by atoms with Gasteiger partial charge in [-0.05, 0) is 90.8 Å². The molecule has 0 aromatic carbocycles. The maximum Gasteiger partial charge on any atom is 0.506 e. The number of unbranched alkanes of at least 4 members (excludes halogenated alkanes) is 12. The molecule has 232 valence electrons. The van der Waals surface area contributed by atoms with Crippen molar-refractivity contribution in [1.82, 2.24) is 4.90 Å². The quantitative estimate of drug-likeness (QED) is 0.0548. The third-order valence-corrected chi connectivity index (χ3v) is 8.06. The molecule has 0 saturated heterocycles. The number of rotatable bonds is 29. The van der Waals surface area contributed by atoms with Crippen LogP contribution in [0.2, 0.25) is 0 Å². The highest BCUT2D eigenvalue weighted by Gasteiger charge is 2.13. The Morgan fingerprint density at radius 2 is 1.26 bits per heavy atom. The van der Waals surface area contributed by atoms with E-state index >= 15 is 0 Å². The van der Waals surface area contributed by atoms with Crippen LogP contribution in [0.1, 0.15) is 162 Å². The van der Waals surface area contributed by atoms with Gasteiger partial charge < -0.3 is 19.8 Å². The van der Waals surface area contributed by atoms with Crippen molar-refractivity contribution in [3.05, 3.63) is 12.2 Å². The third kappa shape index (κ3) is 28.3. The lowest BCUT2D eigenvalue weighted by molar-refractivity contribution is 0.0422. The SMILES string of the molecule is CCCCCC[C@@H](O)C/C=C\CCCCCCCC(CCCCCCCC(CC)CCCN(C)C)OC(=O)O. The number of carbonyl (C=O) groups is 1. The van der Waals surface area contributed by atoms with E-state index in [2.05, 4.69) is 45.0 Å². The lowest BCUT2D eigenvalue weighted by Gasteiger charge is -2.17. The summed E-state index contributed by atoms with van der Waals surface area (Å²) in [6, 6.07) is 0. The zero-order valence-electron chi connectivity index (χ0n) is 26.5. The van der Waals surface area contributed by atoms with Gasteiger partial charge in [0.2, 0.25) is 0 Å². The van der Waals surface area contributed by atoms with Gasteiger partial charge in [0.25, 0.3) is 0 Å².